The summed E-state index contributed by atoms with van der Waals surface area (Å²) in [6.45, 7) is 2.92. The van der Waals surface area contributed by atoms with Gasteiger partial charge in [-0.2, -0.15) is 5.10 Å². The van der Waals surface area contributed by atoms with Crippen LogP contribution in [0, 0.1) is 3.57 Å². The minimum Gasteiger partial charge on any atom is -0.388 e. The maximum Gasteiger partial charge on any atom is 0.0846 e. The van der Waals surface area contributed by atoms with E-state index in [-0.39, 0.29) is 0 Å². The van der Waals surface area contributed by atoms with E-state index in [1.165, 1.54) is 3.57 Å². The second-order valence-electron chi connectivity index (χ2n) is 5.05. The predicted molar refractivity (Wildman–Crippen MR) is 93.2 cm³/mol. The largest absolute Gasteiger partial charge is 0.388 e. The maximum absolute atomic E-state index is 10.5. The van der Waals surface area contributed by atoms with Gasteiger partial charge in [-0.1, -0.05) is 30.3 Å². The molecule has 1 heterocycles. The van der Waals surface area contributed by atoms with Crippen molar-refractivity contribution in [3.63, 3.8) is 0 Å². The van der Waals surface area contributed by atoms with Crippen LogP contribution in [0.25, 0.3) is 10.9 Å². The third-order valence-electron chi connectivity index (χ3n) is 3.68. The summed E-state index contributed by atoms with van der Waals surface area (Å²) in [7, 11) is 0. The number of fused-ring (bicyclic) bond motifs is 1. The van der Waals surface area contributed by atoms with Crippen molar-refractivity contribution in [3.05, 3.63) is 63.4 Å². The number of benzene rings is 2. The number of aromatic nitrogens is 2. The van der Waals surface area contributed by atoms with Gasteiger partial charge in [-0.05, 0) is 53.3 Å². The van der Waals surface area contributed by atoms with Crippen LogP contribution in [0.15, 0.2) is 48.5 Å². The molecule has 108 valence electrons. The Labute approximate surface area is 137 Å². The fraction of sp³-hybridized carbons (Fsp3) is 0.235. The monoisotopic (exact) mass is 392 g/mol. The third kappa shape index (κ3) is 2.96. The van der Waals surface area contributed by atoms with Gasteiger partial charge in [-0.25, -0.2) is 0 Å². The van der Waals surface area contributed by atoms with Crippen LogP contribution in [0.3, 0.4) is 0 Å². The number of hydrogen-bond acceptors (Lipinski definition) is 2. The molecule has 0 fully saturated rings. The lowest BCUT2D eigenvalue weighted by molar-refractivity contribution is 0.177. The van der Waals surface area contributed by atoms with Gasteiger partial charge < -0.3 is 5.11 Å². The summed E-state index contributed by atoms with van der Waals surface area (Å²) in [5.74, 6) is 0. The number of nitrogens with zero attached hydrogens (tertiary/aromatic N) is 2. The van der Waals surface area contributed by atoms with Crippen LogP contribution in [-0.2, 0) is 13.0 Å². The summed E-state index contributed by atoms with van der Waals surface area (Å²) in [5, 5.41) is 16.2. The van der Waals surface area contributed by atoms with E-state index in [9.17, 15) is 5.11 Å². The average molecular weight is 392 g/mol. The van der Waals surface area contributed by atoms with Crippen molar-refractivity contribution >= 4 is 33.5 Å². The van der Waals surface area contributed by atoms with E-state index in [0.717, 1.165) is 28.7 Å². The minimum absolute atomic E-state index is 0.523. The number of aliphatic hydroxyl groups is 1. The van der Waals surface area contributed by atoms with Crippen LogP contribution in [0.4, 0.5) is 0 Å². The van der Waals surface area contributed by atoms with Gasteiger partial charge >= 0.3 is 0 Å². The van der Waals surface area contributed by atoms with Gasteiger partial charge in [0, 0.05) is 21.9 Å². The fourth-order valence-corrected chi connectivity index (χ4v) is 2.93. The van der Waals surface area contributed by atoms with E-state index in [2.05, 4.69) is 46.7 Å². The number of halogens is 1. The molecular formula is C17H17IN2O. The lowest BCUT2D eigenvalue weighted by Crippen LogP contribution is -2.04. The second-order valence-corrected chi connectivity index (χ2v) is 6.30. The van der Waals surface area contributed by atoms with Gasteiger partial charge in [0.25, 0.3) is 0 Å². The summed E-state index contributed by atoms with van der Waals surface area (Å²) in [5.41, 5.74) is 3.02. The molecule has 0 radical (unpaired) electrons. The molecule has 1 aromatic heterocycles. The first kappa shape index (κ1) is 14.5. The lowest BCUT2D eigenvalue weighted by atomic mass is 10.0. The molecule has 0 aliphatic heterocycles. The molecule has 0 spiro atoms. The Morgan fingerprint density at radius 1 is 1.14 bits per heavy atom. The zero-order chi connectivity index (χ0) is 14.8. The van der Waals surface area contributed by atoms with Crippen LogP contribution in [0.5, 0.6) is 0 Å². The number of aryl methyl sites for hydroxylation is 1. The summed E-state index contributed by atoms with van der Waals surface area (Å²) in [6.07, 6.45) is 0.0132. The van der Waals surface area contributed by atoms with E-state index in [1.807, 2.05) is 41.1 Å². The first-order chi connectivity index (χ1) is 10.2. The highest BCUT2D eigenvalue weighted by molar-refractivity contribution is 14.1. The van der Waals surface area contributed by atoms with Gasteiger partial charge in [0.2, 0.25) is 0 Å². The van der Waals surface area contributed by atoms with E-state index in [1.54, 1.807) is 0 Å². The Kier molecular flexibility index (Phi) is 4.26. The molecule has 21 heavy (non-hydrogen) atoms. The van der Waals surface area contributed by atoms with E-state index in [4.69, 9.17) is 0 Å². The van der Waals surface area contributed by atoms with E-state index in [0.29, 0.717) is 6.42 Å². The normalized spacial score (nSPS) is 12.7. The van der Waals surface area contributed by atoms with Gasteiger partial charge in [-0.15, -0.1) is 0 Å². The lowest BCUT2D eigenvalue weighted by Gasteiger charge is -2.09. The zero-order valence-electron chi connectivity index (χ0n) is 11.8. The first-order valence-corrected chi connectivity index (χ1v) is 8.15. The number of hydrogen-bond donors (Lipinski definition) is 1. The van der Waals surface area contributed by atoms with Crippen molar-refractivity contribution in [1.82, 2.24) is 9.78 Å². The molecule has 0 saturated carbocycles. The molecule has 4 heteroatoms. The summed E-state index contributed by atoms with van der Waals surface area (Å²) < 4.78 is 3.16. The van der Waals surface area contributed by atoms with Crippen LogP contribution in [0.2, 0.25) is 0 Å². The molecule has 0 amide bonds. The molecule has 1 unspecified atom stereocenters. The molecule has 1 atom stereocenters. The SMILES string of the molecule is CCn1nc(CC(O)c2ccc(I)cc2)c2ccccc21. The smallest absolute Gasteiger partial charge is 0.0846 e. The average Bonchev–Trinajstić information content (AvgIpc) is 2.86. The van der Waals surface area contributed by atoms with Gasteiger partial charge in [0.15, 0.2) is 0 Å². The highest BCUT2D eigenvalue weighted by Gasteiger charge is 2.15. The summed E-state index contributed by atoms with van der Waals surface area (Å²) in [4.78, 5) is 0. The molecular weight excluding hydrogens is 375 g/mol. The standard InChI is InChI=1S/C17H17IN2O/c1-2-20-16-6-4-3-5-14(16)15(19-20)11-17(21)12-7-9-13(18)10-8-12/h3-10,17,21H,2,11H2,1H3. The van der Waals surface area contributed by atoms with Gasteiger partial charge in [-0.3, -0.25) is 4.68 Å². The maximum atomic E-state index is 10.5. The molecule has 3 aromatic rings. The molecule has 0 aliphatic rings. The Bertz CT molecular complexity index is 749. The predicted octanol–water partition coefficient (Wildman–Crippen LogP) is 3.94. The van der Waals surface area contributed by atoms with Crippen molar-refractivity contribution in [2.45, 2.75) is 26.0 Å². The Morgan fingerprint density at radius 2 is 1.86 bits per heavy atom. The van der Waals surface area contributed by atoms with Crippen LogP contribution in [0.1, 0.15) is 24.3 Å². The molecule has 3 rings (SSSR count). The van der Waals surface area contributed by atoms with Crippen molar-refractivity contribution in [2.24, 2.45) is 0 Å². The van der Waals surface area contributed by atoms with Crippen LogP contribution in [-0.4, -0.2) is 14.9 Å². The molecule has 2 aromatic carbocycles. The van der Waals surface area contributed by atoms with Crippen molar-refractivity contribution in [2.75, 3.05) is 0 Å². The highest BCUT2D eigenvalue weighted by Crippen LogP contribution is 2.24. The molecule has 0 bridgehead atoms. The summed E-state index contributed by atoms with van der Waals surface area (Å²) >= 11 is 2.27. The number of para-hydroxylation sites is 1. The molecule has 3 nitrogen and oxygen atoms in total. The Balaban J connectivity index is 1.92. The molecule has 1 N–H and O–H groups in total. The zero-order valence-corrected chi connectivity index (χ0v) is 14.0. The fourth-order valence-electron chi connectivity index (χ4n) is 2.57. The topological polar surface area (TPSA) is 38.0 Å². The Hall–Kier alpha value is -1.40. The van der Waals surface area contributed by atoms with Crippen molar-refractivity contribution in [3.8, 4) is 0 Å². The first-order valence-electron chi connectivity index (χ1n) is 7.07. The molecule has 0 aliphatic carbocycles. The Morgan fingerprint density at radius 3 is 2.57 bits per heavy atom. The van der Waals surface area contributed by atoms with Crippen LogP contribution < -0.4 is 0 Å². The third-order valence-corrected chi connectivity index (χ3v) is 4.39. The molecule has 0 saturated heterocycles. The minimum atomic E-state index is -0.523. The number of rotatable bonds is 4. The second kappa shape index (κ2) is 6.15. The quantitative estimate of drug-likeness (QED) is 0.684. The van der Waals surface area contributed by atoms with E-state index < -0.39 is 6.10 Å². The van der Waals surface area contributed by atoms with E-state index >= 15 is 0 Å². The van der Waals surface area contributed by atoms with Gasteiger partial charge in [0.1, 0.15) is 0 Å². The van der Waals surface area contributed by atoms with Crippen molar-refractivity contribution in [1.29, 1.82) is 0 Å². The summed E-state index contributed by atoms with van der Waals surface area (Å²) in [6, 6.07) is 16.2. The van der Waals surface area contributed by atoms with Gasteiger partial charge in [0.05, 0.1) is 17.3 Å². The van der Waals surface area contributed by atoms with Crippen molar-refractivity contribution < 1.29 is 5.11 Å². The number of aliphatic hydroxyl groups excluding tert-OH is 1. The van der Waals surface area contributed by atoms with Crippen LogP contribution >= 0.6 is 22.6 Å². The highest BCUT2D eigenvalue weighted by atomic mass is 127.